The molecule has 0 aromatic heterocycles. The number of carbonyl (C=O) groups is 2. The molecular formula is C20H21NO4. The van der Waals surface area contributed by atoms with Crippen molar-refractivity contribution >= 4 is 11.9 Å². The molecule has 0 unspecified atom stereocenters. The zero-order valence-corrected chi connectivity index (χ0v) is 14.2. The van der Waals surface area contributed by atoms with Gasteiger partial charge in [-0.1, -0.05) is 31.0 Å². The number of ether oxygens (including phenoxy) is 2. The normalized spacial score (nSPS) is 15.4. The molecule has 0 atom stereocenters. The number of carbonyl (C=O) groups excluding carboxylic acids is 2. The molecule has 0 spiro atoms. The lowest BCUT2D eigenvalue weighted by Crippen LogP contribution is -2.53. The Bertz CT molecular complexity index is 734. The summed E-state index contributed by atoms with van der Waals surface area (Å²) in [6.07, 6.45) is 3.03. The minimum atomic E-state index is -0.898. The minimum Gasteiger partial charge on any atom is -0.467 e. The second-order valence-electron chi connectivity index (χ2n) is 6.17. The summed E-state index contributed by atoms with van der Waals surface area (Å²) in [6, 6.07) is 16.3. The standard InChI is InChI=1S/C20H21NO4/c1-24-19(23)20(13-5-6-14-20)21-18(22)15-9-11-17(12-10-15)25-16-7-3-2-4-8-16/h2-4,7-12H,5-6,13-14H2,1H3,(H,21,22). The van der Waals surface area contributed by atoms with E-state index in [4.69, 9.17) is 9.47 Å². The van der Waals surface area contributed by atoms with Crippen LogP contribution in [0.4, 0.5) is 0 Å². The Morgan fingerprint density at radius 1 is 0.920 bits per heavy atom. The molecule has 0 aliphatic heterocycles. The van der Waals surface area contributed by atoms with E-state index in [-0.39, 0.29) is 11.9 Å². The van der Waals surface area contributed by atoms with Crippen LogP contribution < -0.4 is 10.1 Å². The highest BCUT2D eigenvalue weighted by Gasteiger charge is 2.43. The molecule has 0 radical (unpaired) electrons. The molecule has 130 valence electrons. The third-order valence-electron chi connectivity index (χ3n) is 4.48. The zero-order chi connectivity index (χ0) is 17.7. The fourth-order valence-corrected chi connectivity index (χ4v) is 3.14. The van der Waals surface area contributed by atoms with Gasteiger partial charge in [-0.05, 0) is 49.2 Å². The molecule has 1 amide bonds. The Kier molecular flexibility index (Phi) is 5.03. The highest BCUT2D eigenvalue weighted by Crippen LogP contribution is 2.31. The number of hydrogen-bond acceptors (Lipinski definition) is 4. The molecule has 1 aliphatic carbocycles. The monoisotopic (exact) mass is 339 g/mol. The van der Waals surface area contributed by atoms with E-state index in [2.05, 4.69) is 5.32 Å². The van der Waals surface area contributed by atoms with Crippen LogP contribution in [0.15, 0.2) is 54.6 Å². The number of nitrogens with one attached hydrogen (secondary N) is 1. The van der Waals surface area contributed by atoms with Crippen LogP contribution >= 0.6 is 0 Å². The Balaban J connectivity index is 1.69. The summed E-state index contributed by atoms with van der Waals surface area (Å²) in [5.41, 5.74) is -0.416. The number of hydrogen-bond donors (Lipinski definition) is 1. The second kappa shape index (κ2) is 7.38. The fraction of sp³-hybridized carbons (Fsp3) is 0.300. The smallest absolute Gasteiger partial charge is 0.331 e. The van der Waals surface area contributed by atoms with E-state index >= 15 is 0 Å². The molecule has 1 fully saturated rings. The summed E-state index contributed by atoms with van der Waals surface area (Å²) in [4.78, 5) is 24.6. The van der Waals surface area contributed by atoms with Crippen molar-refractivity contribution in [2.45, 2.75) is 31.2 Å². The predicted octanol–water partition coefficient (Wildman–Crippen LogP) is 3.69. The summed E-state index contributed by atoms with van der Waals surface area (Å²) in [5.74, 6) is 0.725. The number of esters is 1. The lowest BCUT2D eigenvalue weighted by Gasteiger charge is -2.27. The van der Waals surface area contributed by atoms with Crippen LogP contribution in [0.3, 0.4) is 0 Å². The topological polar surface area (TPSA) is 64.6 Å². The summed E-state index contributed by atoms with van der Waals surface area (Å²) in [5, 5.41) is 2.87. The van der Waals surface area contributed by atoms with E-state index in [1.807, 2.05) is 30.3 Å². The van der Waals surface area contributed by atoms with Crippen molar-refractivity contribution in [3.63, 3.8) is 0 Å². The van der Waals surface area contributed by atoms with Gasteiger partial charge < -0.3 is 14.8 Å². The quantitative estimate of drug-likeness (QED) is 0.844. The highest BCUT2D eigenvalue weighted by molar-refractivity contribution is 5.98. The second-order valence-corrected chi connectivity index (χ2v) is 6.17. The molecule has 2 aromatic carbocycles. The third kappa shape index (κ3) is 3.82. The lowest BCUT2D eigenvalue weighted by atomic mass is 9.97. The van der Waals surface area contributed by atoms with Gasteiger partial charge in [-0.2, -0.15) is 0 Å². The number of para-hydroxylation sites is 1. The minimum absolute atomic E-state index is 0.279. The Morgan fingerprint density at radius 3 is 2.12 bits per heavy atom. The van der Waals surface area contributed by atoms with Crippen molar-refractivity contribution in [1.29, 1.82) is 0 Å². The molecule has 2 aromatic rings. The largest absolute Gasteiger partial charge is 0.467 e. The van der Waals surface area contributed by atoms with E-state index in [1.165, 1.54) is 7.11 Å². The van der Waals surface area contributed by atoms with Gasteiger partial charge in [-0.15, -0.1) is 0 Å². The molecule has 0 saturated heterocycles. The third-order valence-corrected chi connectivity index (χ3v) is 4.48. The van der Waals surface area contributed by atoms with Crippen molar-refractivity contribution < 1.29 is 19.1 Å². The van der Waals surface area contributed by atoms with Gasteiger partial charge in [-0.25, -0.2) is 4.79 Å². The van der Waals surface area contributed by atoms with Gasteiger partial charge in [0.2, 0.25) is 0 Å². The van der Waals surface area contributed by atoms with Gasteiger partial charge in [0, 0.05) is 5.56 Å². The van der Waals surface area contributed by atoms with E-state index in [1.54, 1.807) is 24.3 Å². The maximum atomic E-state index is 12.5. The van der Waals surface area contributed by atoms with Gasteiger partial charge in [-0.3, -0.25) is 4.79 Å². The van der Waals surface area contributed by atoms with Crippen molar-refractivity contribution in [2.24, 2.45) is 0 Å². The Hall–Kier alpha value is -2.82. The molecule has 3 rings (SSSR count). The first kappa shape index (κ1) is 17.0. The predicted molar refractivity (Wildman–Crippen MR) is 93.6 cm³/mol. The SMILES string of the molecule is COC(=O)C1(NC(=O)c2ccc(Oc3ccccc3)cc2)CCCC1. The molecule has 25 heavy (non-hydrogen) atoms. The van der Waals surface area contributed by atoms with Gasteiger partial charge >= 0.3 is 5.97 Å². The fourth-order valence-electron chi connectivity index (χ4n) is 3.14. The molecular weight excluding hydrogens is 318 g/mol. The van der Waals surface area contributed by atoms with E-state index in [0.29, 0.717) is 24.2 Å². The first-order valence-corrected chi connectivity index (χ1v) is 8.37. The van der Waals surface area contributed by atoms with Gasteiger partial charge in [0.25, 0.3) is 5.91 Å². The molecule has 1 N–H and O–H groups in total. The maximum absolute atomic E-state index is 12.5. The number of methoxy groups -OCH3 is 1. The average Bonchev–Trinajstić information content (AvgIpc) is 3.12. The maximum Gasteiger partial charge on any atom is 0.331 e. The lowest BCUT2D eigenvalue weighted by molar-refractivity contribution is -0.148. The molecule has 5 nitrogen and oxygen atoms in total. The van der Waals surface area contributed by atoms with Gasteiger partial charge in [0.05, 0.1) is 7.11 Å². The van der Waals surface area contributed by atoms with Gasteiger partial charge in [0.1, 0.15) is 17.0 Å². The first-order valence-electron chi connectivity index (χ1n) is 8.37. The molecule has 1 saturated carbocycles. The molecule has 0 bridgehead atoms. The number of benzene rings is 2. The summed E-state index contributed by atoms with van der Waals surface area (Å²) in [7, 11) is 1.35. The summed E-state index contributed by atoms with van der Waals surface area (Å²) >= 11 is 0. The summed E-state index contributed by atoms with van der Waals surface area (Å²) < 4.78 is 10.6. The van der Waals surface area contributed by atoms with Crippen LogP contribution in [-0.2, 0) is 9.53 Å². The van der Waals surface area contributed by atoms with Crippen molar-refractivity contribution in [2.75, 3.05) is 7.11 Å². The summed E-state index contributed by atoms with van der Waals surface area (Å²) in [6.45, 7) is 0. The number of rotatable bonds is 5. The van der Waals surface area contributed by atoms with Crippen LogP contribution in [0.25, 0.3) is 0 Å². The molecule has 1 aliphatic rings. The average molecular weight is 339 g/mol. The van der Waals surface area contributed by atoms with Crippen molar-refractivity contribution in [3.05, 3.63) is 60.2 Å². The van der Waals surface area contributed by atoms with E-state index in [9.17, 15) is 9.59 Å². The van der Waals surface area contributed by atoms with E-state index < -0.39 is 5.54 Å². The van der Waals surface area contributed by atoms with Crippen molar-refractivity contribution in [1.82, 2.24) is 5.32 Å². The van der Waals surface area contributed by atoms with Crippen LogP contribution in [-0.4, -0.2) is 24.5 Å². The molecule has 0 heterocycles. The van der Waals surface area contributed by atoms with Crippen LogP contribution in [0, 0.1) is 0 Å². The Labute approximate surface area is 147 Å². The van der Waals surface area contributed by atoms with Crippen LogP contribution in [0.5, 0.6) is 11.5 Å². The van der Waals surface area contributed by atoms with E-state index in [0.717, 1.165) is 18.6 Å². The zero-order valence-electron chi connectivity index (χ0n) is 14.2. The first-order chi connectivity index (χ1) is 12.1. The highest BCUT2D eigenvalue weighted by atomic mass is 16.5. The Morgan fingerprint density at radius 2 is 1.52 bits per heavy atom. The molecule has 5 heteroatoms. The van der Waals surface area contributed by atoms with Crippen molar-refractivity contribution in [3.8, 4) is 11.5 Å². The van der Waals surface area contributed by atoms with Gasteiger partial charge in [0.15, 0.2) is 0 Å². The number of amides is 1. The van der Waals surface area contributed by atoms with Crippen LogP contribution in [0.1, 0.15) is 36.0 Å². The van der Waals surface area contributed by atoms with Crippen LogP contribution in [0.2, 0.25) is 0 Å².